The number of sulfone groups is 1. The summed E-state index contributed by atoms with van der Waals surface area (Å²) in [4.78, 5) is 25.5. The molecule has 0 aromatic carbocycles. The van der Waals surface area contributed by atoms with Crippen LogP contribution in [0, 0.1) is 12.8 Å². The van der Waals surface area contributed by atoms with Gasteiger partial charge in [0.15, 0.2) is 9.84 Å². The van der Waals surface area contributed by atoms with Gasteiger partial charge in [0.05, 0.1) is 11.5 Å². The molecule has 2 unspecified atom stereocenters. The maximum Gasteiger partial charge on any atom is 0.272 e. The van der Waals surface area contributed by atoms with Gasteiger partial charge in [-0.2, -0.15) is 0 Å². The maximum absolute atomic E-state index is 12.8. The number of hydrogen-bond acceptors (Lipinski definition) is 6. The molecule has 2 aliphatic heterocycles. The number of aryl methyl sites for hydroxylation is 1. The minimum atomic E-state index is -3.03. The van der Waals surface area contributed by atoms with Gasteiger partial charge in [-0.25, -0.2) is 18.4 Å². The van der Waals surface area contributed by atoms with E-state index < -0.39 is 9.84 Å². The van der Waals surface area contributed by atoms with Crippen molar-refractivity contribution in [1.29, 1.82) is 0 Å². The highest BCUT2D eigenvalue weighted by Crippen LogP contribution is 2.22. The van der Waals surface area contributed by atoms with Gasteiger partial charge >= 0.3 is 0 Å². The zero-order valence-electron chi connectivity index (χ0n) is 15.1. The Morgan fingerprint density at radius 2 is 2.08 bits per heavy atom. The van der Waals surface area contributed by atoms with Gasteiger partial charge in [0.2, 0.25) is 5.95 Å². The van der Waals surface area contributed by atoms with Crippen molar-refractivity contribution >= 4 is 21.7 Å². The van der Waals surface area contributed by atoms with E-state index in [2.05, 4.69) is 21.8 Å². The fourth-order valence-electron chi connectivity index (χ4n) is 3.60. The third-order valence-electron chi connectivity index (χ3n) is 5.08. The maximum atomic E-state index is 12.8. The Kier molecular flexibility index (Phi) is 4.99. The van der Waals surface area contributed by atoms with Crippen molar-refractivity contribution in [3.63, 3.8) is 0 Å². The molecule has 2 atom stereocenters. The van der Waals surface area contributed by atoms with E-state index in [1.54, 1.807) is 13.1 Å². The van der Waals surface area contributed by atoms with Crippen LogP contribution in [-0.2, 0) is 9.84 Å². The summed E-state index contributed by atoms with van der Waals surface area (Å²) in [5.41, 5.74) is 1.09. The summed E-state index contributed by atoms with van der Waals surface area (Å²) in [5.74, 6) is 1.13. The number of aromatic nitrogens is 2. The molecule has 1 aromatic rings. The molecule has 0 N–H and O–H groups in total. The molecule has 2 fully saturated rings. The fraction of sp³-hybridized carbons (Fsp3) is 0.706. The molecule has 2 aliphatic rings. The van der Waals surface area contributed by atoms with Crippen molar-refractivity contribution < 1.29 is 13.2 Å². The topological polar surface area (TPSA) is 83.5 Å². The van der Waals surface area contributed by atoms with E-state index in [9.17, 15) is 13.2 Å². The van der Waals surface area contributed by atoms with Crippen LogP contribution in [-0.4, -0.2) is 66.9 Å². The molecule has 0 spiro atoms. The molecule has 0 aliphatic carbocycles. The normalized spacial score (nSPS) is 25.8. The first kappa shape index (κ1) is 18.1. The van der Waals surface area contributed by atoms with Crippen LogP contribution < -0.4 is 4.90 Å². The van der Waals surface area contributed by atoms with Crippen molar-refractivity contribution in [1.82, 2.24) is 14.9 Å². The first-order valence-electron chi connectivity index (χ1n) is 8.83. The second kappa shape index (κ2) is 6.90. The molecule has 3 rings (SSSR count). The van der Waals surface area contributed by atoms with Gasteiger partial charge in [0, 0.05) is 31.9 Å². The number of hydrogen-bond donors (Lipinski definition) is 0. The van der Waals surface area contributed by atoms with E-state index in [4.69, 9.17) is 0 Å². The van der Waals surface area contributed by atoms with Crippen LogP contribution in [0.2, 0.25) is 0 Å². The smallest absolute Gasteiger partial charge is 0.272 e. The average Bonchev–Trinajstić information content (AvgIpc) is 2.93. The number of amides is 1. The quantitative estimate of drug-likeness (QED) is 0.801. The third-order valence-corrected chi connectivity index (χ3v) is 6.83. The largest absolute Gasteiger partial charge is 0.341 e. The Hall–Kier alpha value is -1.70. The molecule has 7 nitrogen and oxygen atoms in total. The van der Waals surface area contributed by atoms with Crippen molar-refractivity contribution in [2.24, 2.45) is 5.92 Å². The minimum Gasteiger partial charge on any atom is -0.341 e. The number of nitrogens with zero attached hydrogens (tertiary/aromatic N) is 4. The Balaban J connectivity index is 1.80. The average molecular weight is 366 g/mol. The van der Waals surface area contributed by atoms with Gasteiger partial charge in [-0.15, -0.1) is 0 Å². The first-order valence-corrected chi connectivity index (χ1v) is 10.7. The number of anilines is 1. The second-order valence-electron chi connectivity index (χ2n) is 7.36. The number of carbonyl (C=O) groups excluding carboxylic acids is 1. The molecule has 1 aromatic heterocycles. The lowest BCUT2D eigenvalue weighted by molar-refractivity contribution is 0.0741. The molecule has 25 heavy (non-hydrogen) atoms. The highest BCUT2D eigenvalue weighted by atomic mass is 32.2. The van der Waals surface area contributed by atoms with Gasteiger partial charge in [-0.1, -0.05) is 6.92 Å². The highest BCUT2D eigenvalue weighted by molar-refractivity contribution is 7.91. The summed E-state index contributed by atoms with van der Waals surface area (Å²) in [6, 6.07) is 1.41. The molecule has 138 valence electrons. The third kappa shape index (κ3) is 4.11. The lowest BCUT2D eigenvalue weighted by atomic mass is 10.0. The monoisotopic (exact) mass is 366 g/mol. The Morgan fingerprint density at radius 3 is 2.72 bits per heavy atom. The summed E-state index contributed by atoms with van der Waals surface area (Å²) >= 11 is 0. The highest BCUT2D eigenvalue weighted by Gasteiger charge is 2.33. The van der Waals surface area contributed by atoms with E-state index in [1.165, 1.54) is 11.3 Å². The Bertz CT molecular complexity index is 765. The van der Waals surface area contributed by atoms with E-state index in [0.29, 0.717) is 24.0 Å². The van der Waals surface area contributed by atoms with Crippen molar-refractivity contribution in [3.8, 4) is 0 Å². The standard InChI is InChI=1S/C17H26N4O3S/c1-12-5-4-7-21(10-12)17-18-13(2)9-15(19-17)16(22)20(3)14-6-8-25(23,24)11-14/h9,12,14H,4-8,10-11H2,1-3H3. The molecule has 2 saturated heterocycles. The number of carbonyl (C=O) groups is 1. The van der Waals surface area contributed by atoms with E-state index in [1.807, 2.05) is 6.92 Å². The van der Waals surface area contributed by atoms with Crippen LogP contribution in [0.15, 0.2) is 6.07 Å². The molecule has 0 saturated carbocycles. The van der Waals surface area contributed by atoms with Crippen LogP contribution >= 0.6 is 0 Å². The van der Waals surface area contributed by atoms with Crippen molar-refractivity contribution in [2.45, 2.75) is 39.2 Å². The summed E-state index contributed by atoms with van der Waals surface area (Å²) in [5, 5.41) is 0. The van der Waals surface area contributed by atoms with Crippen LogP contribution in [0.25, 0.3) is 0 Å². The van der Waals surface area contributed by atoms with Crippen molar-refractivity contribution in [2.75, 3.05) is 36.5 Å². The van der Waals surface area contributed by atoms with Gasteiger partial charge < -0.3 is 9.80 Å². The van der Waals surface area contributed by atoms with E-state index in [0.717, 1.165) is 25.2 Å². The number of piperidine rings is 1. The zero-order valence-corrected chi connectivity index (χ0v) is 15.9. The predicted molar refractivity (Wildman–Crippen MR) is 96.5 cm³/mol. The summed E-state index contributed by atoms with van der Waals surface area (Å²) in [6.45, 7) is 5.86. The zero-order chi connectivity index (χ0) is 18.2. The SMILES string of the molecule is Cc1cc(C(=O)N(C)C2CCS(=O)(=O)C2)nc(N2CCCC(C)C2)n1. The molecule has 3 heterocycles. The summed E-state index contributed by atoms with van der Waals surface area (Å²) in [6.07, 6.45) is 2.79. The van der Waals surface area contributed by atoms with Crippen LogP contribution in [0.1, 0.15) is 42.4 Å². The summed E-state index contributed by atoms with van der Waals surface area (Å²) in [7, 11) is -1.37. The van der Waals surface area contributed by atoms with Gasteiger partial charge in [0.25, 0.3) is 5.91 Å². The molecule has 1 amide bonds. The predicted octanol–water partition coefficient (Wildman–Crippen LogP) is 1.28. The van der Waals surface area contributed by atoms with Crippen LogP contribution in [0.5, 0.6) is 0 Å². The van der Waals surface area contributed by atoms with Gasteiger partial charge in [-0.05, 0) is 38.2 Å². The van der Waals surface area contributed by atoms with Crippen LogP contribution in [0.4, 0.5) is 5.95 Å². The Morgan fingerprint density at radius 1 is 1.32 bits per heavy atom. The molecule has 8 heteroatoms. The van der Waals surface area contributed by atoms with Gasteiger partial charge in [0.1, 0.15) is 5.69 Å². The molecular weight excluding hydrogens is 340 g/mol. The minimum absolute atomic E-state index is 0.0375. The van der Waals surface area contributed by atoms with Crippen LogP contribution in [0.3, 0.4) is 0 Å². The second-order valence-corrected chi connectivity index (χ2v) is 9.59. The van der Waals surface area contributed by atoms with Crippen molar-refractivity contribution in [3.05, 3.63) is 17.5 Å². The fourth-order valence-corrected chi connectivity index (χ4v) is 5.38. The number of rotatable bonds is 3. The van der Waals surface area contributed by atoms with Gasteiger partial charge in [-0.3, -0.25) is 4.79 Å². The van der Waals surface area contributed by atoms with E-state index in [-0.39, 0.29) is 23.5 Å². The van der Waals surface area contributed by atoms with E-state index >= 15 is 0 Å². The first-order chi connectivity index (χ1) is 11.7. The molecule has 0 bridgehead atoms. The summed E-state index contributed by atoms with van der Waals surface area (Å²) < 4.78 is 23.4. The molecule has 0 radical (unpaired) electrons. The molecular formula is C17H26N4O3S. The Labute approximate surface area is 149 Å². The lowest BCUT2D eigenvalue weighted by Crippen LogP contribution is -2.39. The lowest BCUT2D eigenvalue weighted by Gasteiger charge is -2.31.